The summed E-state index contributed by atoms with van der Waals surface area (Å²) in [7, 11) is 0. The van der Waals surface area contributed by atoms with Crippen molar-refractivity contribution in [1.29, 1.82) is 0 Å². The van der Waals surface area contributed by atoms with E-state index in [0.29, 0.717) is 6.04 Å². The first-order valence-corrected chi connectivity index (χ1v) is 6.93. The van der Waals surface area contributed by atoms with Gasteiger partial charge in [-0.15, -0.1) is 0 Å². The average molecular weight is 248 g/mol. The molecule has 0 aromatic carbocycles. The molecular weight excluding hydrogens is 224 g/mol. The van der Waals surface area contributed by atoms with E-state index in [2.05, 4.69) is 34.0 Å². The van der Waals surface area contributed by atoms with E-state index in [1.165, 1.54) is 25.9 Å². The molecule has 100 valence electrons. The van der Waals surface area contributed by atoms with Gasteiger partial charge in [-0.25, -0.2) is 0 Å². The van der Waals surface area contributed by atoms with Crippen molar-refractivity contribution >= 4 is 0 Å². The highest BCUT2D eigenvalue weighted by atomic mass is 15.2. The molecule has 1 N–H and O–H groups in total. The van der Waals surface area contributed by atoms with Crippen LogP contribution in [-0.2, 0) is 0 Å². The maximum atomic E-state index is 4.42. The van der Waals surface area contributed by atoms with Crippen LogP contribution >= 0.6 is 0 Å². The summed E-state index contributed by atoms with van der Waals surface area (Å²) < 4.78 is 0. The second kappa shape index (κ2) is 6.25. The van der Waals surface area contributed by atoms with E-state index in [1.807, 2.05) is 6.92 Å². The predicted molar refractivity (Wildman–Crippen MR) is 73.5 cm³/mol. The zero-order valence-corrected chi connectivity index (χ0v) is 11.7. The van der Waals surface area contributed by atoms with E-state index in [-0.39, 0.29) is 6.04 Å². The molecule has 18 heavy (non-hydrogen) atoms. The Morgan fingerprint density at radius 3 is 2.56 bits per heavy atom. The molecule has 0 radical (unpaired) electrons. The fraction of sp³-hybridized carbons (Fsp3) is 0.714. The van der Waals surface area contributed by atoms with Crippen LogP contribution in [0.15, 0.2) is 12.4 Å². The molecule has 0 aliphatic carbocycles. The third-order valence-corrected chi connectivity index (χ3v) is 3.81. The molecule has 4 nitrogen and oxygen atoms in total. The number of hydrogen-bond acceptors (Lipinski definition) is 4. The van der Waals surface area contributed by atoms with Crippen LogP contribution in [0.5, 0.6) is 0 Å². The van der Waals surface area contributed by atoms with Gasteiger partial charge in [0.2, 0.25) is 0 Å². The SMILES string of the molecule is Cc1nccnc1C(C)NCC(C)N1CCCC1. The first kappa shape index (κ1) is 13.4. The Kier molecular flexibility index (Phi) is 4.66. The number of likely N-dealkylation sites (tertiary alicyclic amines) is 1. The molecule has 1 saturated heterocycles. The Labute approximate surface area is 110 Å². The van der Waals surface area contributed by atoms with Crippen molar-refractivity contribution in [3.8, 4) is 0 Å². The van der Waals surface area contributed by atoms with E-state index in [0.717, 1.165) is 17.9 Å². The fourth-order valence-corrected chi connectivity index (χ4v) is 2.60. The molecule has 1 fully saturated rings. The lowest BCUT2D eigenvalue weighted by Gasteiger charge is -2.25. The van der Waals surface area contributed by atoms with Crippen LogP contribution in [0.3, 0.4) is 0 Å². The predicted octanol–water partition coefficient (Wildman–Crippen LogP) is 1.92. The van der Waals surface area contributed by atoms with Gasteiger partial charge in [0.05, 0.1) is 11.4 Å². The molecule has 1 aromatic rings. The van der Waals surface area contributed by atoms with E-state index in [1.54, 1.807) is 12.4 Å². The molecule has 2 atom stereocenters. The van der Waals surface area contributed by atoms with E-state index < -0.39 is 0 Å². The number of rotatable bonds is 5. The van der Waals surface area contributed by atoms with Crippen molar-refractivity contribution in [2.45, 2.75) is 45.7 Å². The third-order valence-electron chi connectivity index (χ3n) is 3.81. The summed E-state index contributed by atoms with van der Waals surface area (Å²) in [5.41, 5.74) is 2.08. The van der Waals surface area contributed by atoms with Gasteiger partial charge in [-0.3, -0.25) is 14.9 Å². The Morgan fingerprint density at radius 1 is 1.22 bits per heavy atom. The van der Waals surface area contributed by atoms with Crippen molar-refractivity contribution in [1.82, 2.24) is 20.2 Å². The van der Waals surface area contributed by atoms with Crippen LogP contribution in [0.1, 0.15) is 44.1 Å². The van der Waals surface area contributed by atoms with Crippen LogP contribution in [0.2, 0.25) is 0 Å². The Balaban J connectivity index is 1.84. The fourth-order valence-electron chi connectivity index (χ4n) is 2.60. The summed E-state index contributed by atoms with van der Waals surface area (Å²) >= 11 is 0. The maximum absolute atomic E-state index is 4.42. The monoisotopic (exact) mass is 248 g/mol. The van der Waals surface area contributed by atoms with Gasteiger partial charge < -0.3 is 5.32 Å². The summed E-state index contributed by atoms with van der Waals surface area (Å²) in [4.78, 5) is 11.3. The standard InChI is InChI=1S/C14H24N4/c1-11(18-8-4-5-9-18)10-17-13(3)14-12(2)15-6-7-16-14/h6-7,11,13,17H,4-5,8-10H2,1-3H3. The van der Waals surface area contributed by atoms with E-state index >= 15 is 0 Å². The van der Waals surface area contributed by atoms with Crippen LogP contribution in [0.4, 0.5) is 0 Å². The lowest BCUT2D eigenvalue weighted by atomic mass is 10.1. The normalized spacial score (nSPS) is 19.9. The summed E-state index contributed by atoms with van der Waals surface area (Å²) in [5, 5.41) is 3.57. The van der Waals surface area contributed by atoms with Gasteiger partial charge in [0.15, 0.2) is 0 Å². The smallest absolute Gasteiger partial charge is 0.0782 e. The minimum Gasteiger partial charge on any atom is -0.307 e. The largest absolute Gasteiger partial charge is 0.307 e. The van der Waals surface area contributed by atoms with Crippen LogP contribution in [0, 0.1) is 6.92 Å². The highest BCUT2D eigenvalue weighted by Crippen LogP contribution is 2.14. The first-order valence-electron chi connectivity index (χ1n) is 6.93. The molecule has 1 aliphatic rings. The molecule has 0 bridgehead atoms. The van der Waals surface area contributed by atoms with Crippen molar-refractivity contribution in [2.75, 3.05) is 19.6 Å². The molecular formula is C14H24N4. The Bertz CT molecular complexity index is 374. The van der Waals surface area contributed by atoms with E-state index in [4.69, 9.17) is 0 Å². The molecule has 0 amide bonds. The Morgan fingerprint density at radius 2 is 1.89 bits per heavy atom. The van der Waals surface area contributed by atoms with Gasteiger partial charge in [0, 0.05) is 31.0 Å². The van der Waals surface area contributed by atoms with Crippen LogP contribution in [0.25, 0.3) is 0 Å². The number of nitrogens with zero attached hydrogens (tertiary/aromatic N) is 3. The van der Waals surface area contributed by atoms with Gasteiger partial charge in [-0.05, 0) is 46.7 Å². The summed E-state index contributed by atoms with van der Waals surface area (Å²) in [6.07, 6.45) is 6.22. The highest BCUT2D eigenvalue weighted by molar-refractivity contribution is 5.12. The molecule has 1 aliphatic heterocycles. The topological polar surface area (TPSA) is 41.1 Å². The number of nitrogens with one attached hydrogen (secondary N) is 1. The summed E-state index contributed by atoms with van der Waals surface area (Å²) in [6.45, 7) is 9.99. The van der Waals surface area contributed by atoms with Crippen molar-refractivity contribution in [3.63, 3.8) is 0 Å². The zero-order valence-electron chi connectivity index (χ0n) is 11.7. The summed E-state index contributed by atoms with van der Waals surface area (Å²) in [6, 6.07) is 0.871. The quantitative estimate of drug-likeness (QED) is 0.864. The van der Waals surface area contributed by atoms with Gasteiger partial charge in [0.1, 0.15) is 0 Å². The third kappa shape index (κ3) is 3.27. The lowest BCUT2D eigenvalue weighted by Crippen LogP contribution is -2.39. The number of hydrogen-bond donors (Lipinski definition) is 1. The average Bonchev–Trinajstić information content (AvgIpc) is 2.90. The zero-order chi connectivity index (χ0) is 13.0. The molecule has 0 spiro atoms. The van der Waals surface area contributed by atoms with E-state index in [9.17, 15) is 0 Å². The molecule has 2 heterocycles. The first-order chi connectivity index (χ1) is 8.68. The minimum atomic E-state index is 0.267. The van der Waals surface area contributed by atoms with Crippen molar-refractivity contribution in [3.05, 3.63) is 23.8 Å². The maximum Gasteiger partial charge on any atom is 0.0782 e. The summed E-state index contributed by atoms with van der Waals surface area (Å²) in [5.74, 6) is 0. The second-order valence-electron chi connectivity index (χ2n) is 5.25. The Hall–Kier alpha value is -1.00. The second-order valence-corrected chi connectivity index (χ2v) is 5.25. The van der Waals surface area contributed by atoms with Gasteiger partial charge >= 0.3 is 0 Å². The van der Waals surface area contributed by atoms with Crippen molar-refractivity contribution in [2.24, 2.45) is 0 Å². The van der Waals surface area contributed by atoms with Gasteiger partial charge in [-0.2, -0.15) is 0 Å². The molecule has 1 aromatic heterocycles. The van der Waals surface area contributed by atoms with Crippen LogP contribution in [-0.4, -0.2) is 40.5 Å². The van der Waals surface area contributed by atoms with Gasteiger partial charge in [-0.1, -0.05) is 0 Å². The molecule has 4 heteroatoms. The molecule has 0 saturated carbocycles. The number of aryl methyl sites for hydroxylation is 1. The minimum absolute atomic E-state index is 0.267. The van der Waals surface area contributed by atoms with Gasteiger partial charge in [0.25, 0.3) is 0 Å². The molecule has 2 unspecified atom stereocenters. The molecule has 2 rings (SSSR count). The van der Waals surface area contributed by atoms with Crippen LogP contribution < -0.4 is 5.32 Å². The van der Waals surface area contributed by atoms with Crippen molar-refractivity contribution < 1.29 is 0 Å². The number of aromatic nitrogens is 2. The lowest BCUT2D eigenvalue weighted by molar-refractivity contribution is 0.246. The highest BCUT2D eigenvalue weighted by Gasteiger charge is 2.19.